The van der Waals surface area contributed by atoms with E-state index < -0.39 is 0 Å². The molecule has 0 aromatic carbocycles. The Morgan fingerprint density at radius 2 is 2.06 bits per heavy atom. The summed E-state index contributed by atoms with van der Waals surface area (Å²) < 4.78 is 0. The lowest BCUT2D eigenvalue weighted by Crippen LogP contribution is -2.54. The maximum Gasteiger partial charge on any atom is 0.0683 e. The average Bonchev–Trinajstić information content (AvgIpc) is 2.21. The molecule has 0 aromatic heterocycles. The van der Waals surface area contributed by atoms with Crippen LogP contribution in [0.4, 0.5) is 0 Å². The molecular weight excluding hydrogens is 200 g/mol. The fourth-order valence-electron chi connectivity index (χ4n) is 2.10. The smallest absolute Gasteiger partial charge is 0.0683 e. The van der Waals surface area contributed by atoms with E-state index in [1.165, 1.54) is 6.42 Å². The van der Waals surface area contributed by atoms with E-state index in [-0.39, 0.29) is 17.6 Å². The summed E-state index contributed by atoms with van der Waals surface area (Å²) in [6, 6.07) is 2.32. The van der Waals surface area contributed by atoms with Crippen molar-refractivity contribution in [3.05, 3.63) is 0 Å². The van der Waals surface area contributed by atoms with Gasteiger partial charge in [-0.2, -0.15) is 5.26 Å². The summed E-state index contributed by atoms with van der Waals surface area (Å²) >= 11 is 0. The number of rotatable bonds is 7. The lowest BCUT2D eigenvalue weighted by molar-refractivity contribution is 0.0885. The zero-order valence-corrected chi connectivity index (χ0v) is 10.6. The first kappa shape index (κ1) is 13.5. The minimum atomic E-state index is -0.189. The van der Waals surface area contributed by atoms with E-state index in [1.807, 2.05) is 13.8 Å². The predicted octanol–water partition coefficient (Wildman–Crippen LogP) is 2.21. The van der Waals surface area contributed by atoms with Crippen molar-refractivity contribution < 1.29 is 5.11 Å². The SMILES string of the molecule is CC(C)(C#N)CCCCNC1(CO)CCC1. The maximum absolute atomic E-state index is 9.25. The van der Waals surface area contributed by atoms with Crippen molar-refractivity contribution in [2.45, 2.75) is 57.9 Å². The highest BCUT2D eigenvalue weighted by molar-refractivity contribution is 4.95. The maximum atomic E-state index is 9.25. The molecule has 1 aliphatic carbocycles. The van der Waals surface area contributed by atoms with Gasteiger partial charge in [-0.15, -0.1) is 0 Å². The highest BCUT2D eigenvalue weighted by Gasteiger charge is 2.35. The molecule has 1 fully saturated rings. The van der Waals surface area contributed by atoms with E-state index in [0.29, 0.717) is 0 Å². The van der Waals surface area contributed by atoms with Gasteiger partial charge in [-0.25, -0.2) is 0 Å². The molecule has 1 rings (SSSR count). The Balaban J connectivity index is 2.06. The molecular formula is C13H24N2O. The van der Waals surface area contributed by atoms with Gasteiger partial charge in [0.2, 0.25) is 0 Å². The van der Waals surface area contributed by atoms with E-state index in [0.717, 1.165) is 38.6 Å². The number of aliphatic hydroxyl groups is 1. The van der Waals surface area contributed by atoms with E-state index in [2.05, 4.69) is 11.4 Å². The minimum Gasteiger partial charge on any atom is -0.394 e. The monoisotopic (exact) mass is 224 g/mol. The second kappa shape index (κ2) is 5.65. The number of aliphatic hydroxyl groups excluding tert-OH is 1. The number of nitrogens with zero attached hydrogens (tertiary/aromatic N) is 1. The molecule has 0 heterocycles. The highest BCUT2D eigenvalue weighted by Crippen LogP contribution is 2.31. The van der Waals surface area contributed by atoms with Crippen molar-refractivity contribution >= 4 is 0 Å². The number of hydrogen-bond acceptors (Lipinski definition) is 3. The van der Waals surface area contributed by atoms with Crippen LogP contribution in [-0.2, 0) is 0 Å². The Hall–Kier alpha value is -0.590. The first-order chi connectivity index (χ1) is 7.54. The molecule has 0 aliphatic heterocycles. The van der Waals surface area contributed by atoms with Gasteiger partial charge >= 0.3 is 0 Å². The molecule has 0 amide bonds. The third kappa shape index (κ3) is 3.77. The Morgan fingerprint density at radius 3 is 2.50 bits per heavy atom. The second-order valence-electron chi connectivity index (χ2n) is 5.67. The van der Waals surface area contributed by atoms with Crippen LogP contribution in [0.3, 0.4) is 0 Å². The quantitative estimate of drug-likeness (QED) is 0.652. The summed E-state index contributed by atoms with van der Waals surface area (Å²) in [5.41, 5.74) is -0.157. The van der Waals surface area contributed by atoms with Crippen LogP contribution in [0.25, 0.3) is 0 Å². The summed E-state index contributed by atoms with van der Waals surface area (Å²) in [6.45, 7) is 5.20. The lowest BCUT2D eigenvalue weighted by Gasteiger charge is -2.41. The molecule has 3 nitrogen and oxygen atoms in total. The van der Waals surface area contributed by atoms with Crippen LogP contribution < -0.4 is 5.32 Å². The van der Waals surface area contributed by atoms with Crippen LogP contribution in [0.5, 0.6) is 0 Å². The number of nitriles is 1. The molecule has 0 unspecified atom stereocenters. The van der Waals surface area contributed by atoms with E-state index in [4.69, 9.17) is 5.26 Å². The molecule has 1 saturated carbocycles. The van der Waals surface area contributed by atoms with Gasteiger partial charge in [0, 0.05) is 5.54 Å². The van der Waals surface area contributed by atoms with E-state index >= 15 is 0 Å². The summed E-state index contributed by atoms with van der Waals surface area (Å²) in [5.74, 6) is 0. The van der Waals surface area contributed by atoms with Crippen molar-refractivity contribution in [3.63, 3.8) is 0 Å². The van der Waals surface area contributed by atoms with Crippen molar-refractivity contribution in [1.29, 1.82) is 5.26 Å². The topological polar surface area (TPSA) is 56.0 Å². The zero-order chi connectivity index (χ0) is 12.1. The fraction of sp³-hybridized carbons (Fsp3) is 0.923. The molecule has 0 spiro atoms. The molecule has 3 heteroatoms. The molecule has 92 valence electrons. The first-order valence-electron chi connectivity index (χ1n) is 6.31. The van der Waals surface area contributed by atoms with Crippen LogP contribution in [0.1, 0.15) is 52.4 Å². The Labute approximate surface area is 98.8 Å². The van der Waals surface area contributed by atoms with Gasteiger partial charge < -0.3 is 10.4 Å². The zero-order valence-electron chi connectivity index (χ0n) is 10.6. The Kier molecular flexibility index (Phi) is 4.76. The first-order valence-corrected chi connectivity index (χ1v) is 6.31. The largest absolute Gasteiger partial charge is 0.394 e. The Bertz CT molecular complexity index is 246. The second-order valence-corrected chi connectivity index (χ2v) is 5.67. The van der Waals surface area contributed by atoms with Gasteiger partial charge in [-0.05, 0) is 52.5 Å². The van der Waals surface area contributed by atoms with Gasteiger partial charge in [-0.3, -0.25) is 0 Å². The van der Waals surface area contributed by atoms with Gasteiger partial charge in [0.25, 0.3) is 0 Å². The molecule has 16 heavy (non-hydrogen) atoms. The molecule has 1 aliphatic rings. The Morgan fingerprint density at radius 1 is 1.38 bits per heavy atom. The summed E-state index contributed by atoms with van der Waals surface area (Å²) in [5, 5.41) is 21.6. The van der Waals surface area contributed by atoms with Crippen molar-refractivity contribution in [3.8, 4) is 6.07 Å². The number of nitrogens with one attached hydrogen (secondary N) is 1. The van der Waals surface area contributed by atoms with Crippen LogP contribution in [0.15, 0.2) is 0 Å². The normalized spacial score (nSPS) is 18.9. The predicted molar refractivity (Wildman–Crippen MR) is 64.9 cm³/mol. The van der Waals surface area contributed by atoms with Gasteiger partial charge in [-0.1, -0.05) is 6.42 Å². The number of unbranched alkanes of at least 4 members (excludes halogenated alkanes) is 1. The molecule has 2 N–H and O–H groups in total. The van der Waals surface area contributed by atoms with Crippen LogP contribution in [-0.4, -0.2) is 23.8 Å². The van der Waals surface area contributed by atoms with E-state index in [1.54, 1.807) is 0 Å². The summed E-state index contributed by atoms with van der Waals surface area (Å²) in [7, 11) is 0. The van der Waals surface area contributed by atoms with Crippen molar-refractivity contribution in [2.75, 3.05) is 13.2 Å². The molecule has 0 bridgehead atoms. The van der Waals surface area contributed by atoms with Crippen LogP contribution in [0, 0.1) is 16.7 Å². The van der Waals surface area contributed by atoms with Gasteiger partial charge in [0.1, 0.15) is 0 Å². The third-order valence-electron chi connectivity index (χ3n) is 3.64. The van der Waals surface area contributed by atoms with Crippen LogP contribution >= 0.6 is 0 Å². The highest BCUT2D eigenvalue weighted by atomic mass is 16.3. The standard InChI is InChI=1S/C13H24N2O/c1-12(2,10-14)6-3-4-9-15-13(11-16)7-5-8-13/h15-16H,3-9,11H2,1-2H3. The summed E-state index contributed by atoms with van der Waals surface area (Å²) in [6.07, 6.45) is 6.56. The minimum absolute atomic E-state index is 0.0325. The third-order valence-corrected chi connectivity index (χ3v) is 3.64. The van der Waals surface area contributed by atoms with Crippen LogP contribution in [0.2, 0.25) is 0 Å². The van der Waals surface area contributed by atoms with Crippen molar-refractivity contribution in [2.24, 2.45) is 5.41 Å². The summed E-state index contributed by atoms with van der Waals surface area (Å²) in [4.78, 5) is 0. The van der Waals surface area contributed by atoms with E-state index in [9.17, 15) is 5.11 Å². The van der Waals surface area contributed by atoms with Gasteiger partial charge in [0.05, 0.1) is 18.1 Å². The molecule has 0 saturated heterocycles. The lowest BCUT2D eigenvalue weighted by atomic mass is 9.77. The number of hydrogen-bond donors (Lipinski definition) is 2. The van der Waals surface area contributed by atoms with Gasteiger partial charge in [0.15, 0.2) is 0 Å². The van der Waals surface area contributed by atoms with Crippen molar-refractivity contribution in [1.82, 2.24) is 5.32 Å². The average molecular weight is 224 g/mol. The molecule has 0 atom stereocenters. The molecule has 0 radical (unpaired) electrons. The fourth-order valence-corrected chi connectivity index (χ4v) is 2.10. The molecule has 0 aromatic rings.